The molecule has 2 aliphatic rings. The molecule has 1 aromatic carbocycles. The second kappa shape index (κ2) is 7.02. The summed E-state index contributed by atoms with van der Waals surface area (Å²) in [5.41, 5.74) is 8.79. The van der Waals surface area contributed by atoms with Gasteiger partial charge < -0.3 is 5.73 Å². The predicted molar refractivity (Wildman–Crippen MR) is 114 cm³/mol. The van der Waals surface area contributed by atoms with Crippen molar-refractivity contribution in [3.8, 4) is 0 Å². The zero-order valence-electron chi connectivity index (χ0n) is 17.2. The maximum atomic E-state index is 13.3. The van der Waals surface area contributed by atoms with Crippen LogP contribution in [0.1, 0.15) is 49.2 Å². The summed E-state index contributed by atoms with van der Waals surface area (Å²) in [5, 5.41) is 8.82. The smallest absolute Gasteiger partial charge is 0.265 e. The molecule has 1 fully saturated rings. The van der Waals surface area contributed by atoms with Crippen LogP contribution in [0.15, 0.2) is 35.4 Å². The van der Waals surface area contributed by atoms with Crippen molar-refractivity contribution in [1.82, 2.24) is 19.6 Å². The Bertz CT molecular complexity index is 1200. The Morgan fingerprint density at radius 3 is 2.67 bits per heavy atom. The van der Waals surface area contributed by atoms with Crippen LogP contribution in [0.3, 0.4) is 0 Å². The summed E-state index contributed by atoms with van der Waals surface area (Å²) in [6, 6.07) is 7.09. The number of sulfonamides is 1. The van der Waals surface area contributed by atoms with Gasteiger partial charge in [-0.05, 0) is 37.8 Å². The normalized spacial score (nSPS) is 24.0. The van der Waals surface area contributed by atoms with Gasteiger partial charge in [0, 0.05) is 24.9 Å². The third-order valence-corrected chi connectivity index (χ3v) is 8.33. The van der Waals surface area contributed by atoms with Crippen molar-refractivity contribution < 1.29 is 8.42 Å². The second-order valence-corrected chi connectivity index (χ2v) is 10.3. The predicted octanol–water partition coefficient (Wildman–Crippen LogP) is 2.42. The van der Waals surface area contributed by atoms with Crippen molar-refractivity contribution in [2.24, 2.45) is 11.7 Å². The number of hydrogen-bond donors (Lipinski definition) is 1. The van der Waals surface area contributed by atoms with E-state index in [1.165, 1.54) is 4.31 Å². The molecule has 1 saturated carbocycles. The van der Waals surface area contributed by atoms with Crippen molar-refractivity contribution in [1.29, 1.82) is 0 Å². The number of nitrogens with zero attached hydrogens (tertiary/aromatic N) is 5. The van der Waals surface area contributed by atoms with Crippen molar-refractivity contribution in [2.45, 2.75) is 56.4 Å². The Hall–Kier alpha value is -2.52. The summed E-state index contributed by atoms with van der Waals surface area (Å²) in [7, 11) is -3.68. The summed E-state index contributed by atoms with van der Waals surface area (Å²) in [4.78, 5) is 4.75. The van der Waals surface area contributed by atoms with Crippen LogP contribution >= 0.6 is 0 Å². The van der Waals surface area contributed by atoms with Crippen molar-refractivity contribution >= 4 is 21.5 Å². The molecule has 9 heteroatoms. The van der Waals surface area contributed by atoms with Crippen molar-refractivity contribution in [2.75, 3.05) is 10.8 Å². The number of anilines is 1. The van der Waals surface area contributed by atoms with Crippen LogP contribution in [0.4, 0.5) is 5.82 Å². The van der Waals surface area contributed by atoms with E-state index in [9.17, 15) is 8.42 Å². The lowest BCUT2D eigenvalue weighted by atomic mass is 9.93. The first-order chi connectivity index (χ1) is 14.4. The standard InChI is InChI=1S/C21H26N6O2S/c1-3-14-10-15(22)11-17(14)20-25-24-19-12-23-21-18(27(19)20)8-9-26(21)30(28,29)16-6-4-13(2)5-7-16/h4-7,12,14-15,17H,3,8-11,22H2,1-2H3. The summed E-state index contributed by atoms with van der Waals surface area (Å²) in [5.74, 6) is 2.05. The van der Waals surface area contributed by atoms with Gasteiger partial charge in [-0.2, -0.15) is 0 Å². The average molecular weight is 427 g/mol. The Labute approximate surface area is 176 Å². The van der Waals surface area contributed by atoms with E-state index in [4.69, 9.17) is 5.73 Å². The zero-order chi connectivity index (χ0) is 21.0. The van der Waals surface area contributed by atoms with Gasteiger partial charge in [0.05, 0.1) is 16.8 Å². The maximum absolute atomic E-state index is 13.3. The van der Waals surface area contributed by atoms with E-state index in [-0.39, 0.29) is 16.9 Å². The molecule has 0 spiro atoms. The van der Waals surface area contributed by atoms with E-state index in [0.29, 0.717) is 30.3 Å². The molecular weight excluding hydrogens is 400 g/mol. The van der Waals surface area contributed by atoms with Crippen LogP contribution < -0.4 is 10.0 Å². The lowest BCUT2D eigenvalue weighted by Crippen LogP contribution is -2.29. The van der Waals surface area contributed by atoms with Crippen LogP contribution in [0.5, 0.6) is 0 Å². The van der Waals surface area contributed by atoms with E-state index >= 15 is 0 Å². The van der Waals surface area contributed by atoms with Gasteiger partial charge in [-0.25, -0.2) is 17.7 Å². The number of fused-ring (bicyclic) bond motifs is 3. The number of rotatable bonds is 4. The van der Waals surface area contributed by atoms with Crippen LogP contribution in [-0.4, -0.2) is 40.6 Å². The van der Waals surface area contributed by atoms with Gasteiger partial charge in [-0.3, -0.25) is 4.40 Å². The maximum Gasteiger partial charge on any atom is 0.265 e. The highest BCUT2D eigenvalue weighted by Crippen LogP contribution is 2.41. The molecule has 0 saturated heterocycles. The number of aryl methyl sites for hydroxylation is 1. The minimum absolute atomic E-state index is 0.167. The largest absolute Gasteiger partial charge is 0.328 e. The Morgan fingerprint density at radius 1 is 1.17 bits per heavy atom. The third kappa shape index (κ3) is 2.91. The van der Waals surface area contributed by atoms with E-state index in [2.05, 4.69) is 22.1 Å². The van der Waals surface area contributed by atoms with Gasteiger partial charge in [0.25, 0.3) is 10.0 Å². The first-order valence-electron chi connectivity index (χ1n) is 10.5. The van der Waals surface area contributed by atoms with E-state index < -0.39 is 10.0 Å². The molecular formula is C21H26N6O2S. The number of benzene rings is 1. The lowest BCUT2D eigenvalue weighted by Gasteiger charge is -2.19. The molecule has 1 aliphatic carbocycles. The molecule has 2 N–H and O–H groups in total. The zero-order valence-corrected chi connectivity index (χ0v) is 18.0. The average Bonchev–Trinajstić information content (AvgIpc) is 3.43. The molecule has 3 unspecified atom stereocenters. The fourth-order valence-corrected chi connectivity index (χ4v) is 6.40. The topological polar surface area (TPSA) is 106 Å². The van der Waals surface area contributed by atoms with E-state index in [1.807, 2.05) is 23.5 Å². The minimum atomic E-state index is -3.68. The third-order valence-electron chi connectivity index (χ3n) is 6.53. The fourth-order valence-electron chi connectivity index (χ4n) is 4.95. The highest BCUT2D eigenvalue weighted by Gasteiger charge is 2.38. The highest BCUT2D eigenvalue weighted by molar-refractivity contribution is 7.92. The molecule has 3 heterocycles. The van der Waals surface area contributed by atoms with Crippen molar-refractivity contribution in [3.63, 3.8) is 0 Å². The molecule has 2 aromatic heterocycles. The molecule has 3 atom stereocenters. The molecule has 158 valence electrons. The van der Waals surface area contributed by atoms with Gasteiger partial charge in [0.2, 0.25) is 0 Å². The lowest BCUT2D eigenvalue weighted by molar-refractivity contribution is 0.448. The summed E-state index contributed by atoms with van der Waals surface area (Å²) in [6.07, 6.45) is 5.09. The van der Waals surface area contributed by atoms with Crippen molar-refractivity contribution in [3.05, 3.63) is 47.5 Å². The monoisotopic (exact) mass is 426 g/mol. The summed E-state index contributed by atoms with van der Waals surface area (Å²) < 4.78 is 30.0. The molecule has 30 heavy (non-hydrogen) atoms. The van der Waals surface area contributed by atoms with E-state index in [0.717, 1.165) is 36.3 Å². The fraction of sp³-hybridized carbons (Fsp3) is 0.476. The Kier molecular flexibility index (Phi) is 4.55. The Balaban J connectivity index is 1.60. The second-order valence-electron chi connectivity index (χ2n) is 8.43. The molecule has 8 nitrogen and oxygen atoms in total. The van der Waals surface area contributed by atoms with Crippen LogP contribution in [0.2, 0.25) is 0 Å². The Morgan fingerprint density at radius 2 is 1.93 bits per heavy atom. The molecule has 3 aromatic rings. The van der Waals surface area contributed by atoms with Crippen LogP contribution in [-0.2, 0) is 16.4 Å². The van der Waals surface area contributed by atoms with Gasteiger partial charge in [-0.1, -0.05) is 31.0 Å². The first kappa shape index (κ1) is 19.4. The van der Waals surface area contributed by atoms with Gasteiger partial charge in [0.1, 0.15) is 5.82 Å². The number of aromatic nitrogens is 4. The quantitative estimate of drug-likeness (QED) is 0.687. The SMILES string of the molecule is CCC1CC(N)CC1c1nnc2cnc3c(n12)CCN3S(=O)(=O)c1ccc(C)cc1. The molecule has 0 bridgehead atoms. The summed E-state index contributed by atoms with van der Waals surface area (Å²) in [6.45, 7) is 4.48. The molecule has 0 radical (unpaired) electrons. The summed E-state index contributed by atoms with van der Waals surface area (Å²) >= 11 is 0. The first-order valence-corrected chi connectivity index (χ1v) is 11.9. The number of nitrogens with two attached hydrogens (primary N) is 1. The highest BCUT2D eigenvalue weighted by atomic mass is 32.2. The van der Waals surface area contributed by atoms with Gasteiger partial charge in [-0.15, -0.1) is 10.2 Å². The van der Waals surface area contributed by atoms with Crippen LogP contribution in [0.25, 0.3) is 5.65 Å². The van der Waals surface area contributed by atoms with Crippen LogP contribution in [0, 0.1) is 12.8 Å². The van der Waals surface area contributed by atoms with Gasteiger partial charge in [0.15, 0.2) is 11.5 Å². The molecule has 0 amide bonds. The number of hydrogen-bond acceptors (Lipinski definition) is 6. The van der Waals surface area contributed by atoms with E-state index in [1.54, 1.807) is 18.3 Å². The molecule has 5 rings (SSSR count). The molecule has 1 aliphatic heterocycles. The minimum Gasteiger partial charge on any atom is -0.328 e. The van der Waals surface area contributed by atoms with Gasteiger partial charge >= 0.3 is 0 Å².